The van der Waals surface area contributed by atoms with Crippen LogP contribution in [0.3, 0.4) is 0 Å². The lowest BCUT2D eigenvalue weighted by atomic mass is 10.0. The summed E-state index contributed by atoms with van der Waals surface area (Å²) in [6.07, 6.45) is 4.80. The first kappa shape index (κ1) is 16.5. The Bertz CT molecular complexity index is 879. The number of nitrogens with zero attached hydrogens (tertiary/aromatic N) is 3. The van der Waals surface area contributed by atoms with Crippen molar-refractivity contribution in [2.75, 3.05) is 23.3 Å². The predicted molar refractivity (Wildman–Crippen MR) is 102 cm³/mol. The Kier molecular flexibility index (Phi) is 4.78. The number of fused-ring (bicyclic) bond motifs is 1. The number of nitrogens with one attached hydrogen (secondary N) is 1. The van der Waals surface area contributed by atoms with Crippen molar-refractivity contribution < 1.29 is 4.39 Å². The maximum atomic E-state index is 13.0. The van der Waals surface area contributed by atoms with E-state index in [1.807, 2.05) is 18.2 Å². The number of halogens is 1. The molecule has 0 amide bonds. The average molecular weight is 348 g/mol. The van der Waals surface area contributed by atoms with Crippen LogP contribution in [0.25, 0.3) is 0 Å². The molecule has 0 unspecified atom stereocenters. The molecule has 26 heavy (non-hydrogen) atoms. The molecule has 0 atom stereocenters. The molecule has 2 heterocycles. The topological polar surface area (TPSA) is 41.1 Å². The third-order valence-electron chi connectivity index (χ3n) is 4.63. The van der Waals surface area contributed by atoms with Gasteiger partial charge >= 0.3 is 0 Å². The molecule has 1 aromatic heterocycles. The molecule has 2 aromatic carbocycles. The summed E-state index contributed by atoms with van der Waals surface area (Å²) < 4.78 is 13.0. The summed E-state index contributed by atoms with van der Waals surface area (Å²) in [5.74, 6) is 1.33. The molecule has 1 aliphatic heterocycles. The lowest BCUT2D eigenvalue weighted by Gasteiger charge is -2.29. The van der Waals surface area contributed by atoms with Crippen LogP contribution >= 0.6 is 0 Å². The maximum Gasteiger partial charge on any atom is 0.231 e. The van der Waals surface area contributed by atoms with Crippen LogP contribution in [-0.4, -0.2) is 23.1 Å². The number of hydrogen-bond acceptors (Lipinski definition) is 4. The van der Waals surface area contributed by atoms with Gasteiger partial charge in [-0.05, 0) is 54.7 Å². The van der Waals surface area contributed by atoms with Crippen LogP contribution in [0.5, 0.6) is 0 Å². The van der Waals surface area contributed by atoms with E-state index < -0.39 is 0 Å². The molecule has 0 saturated carbocycles. The number of para-hydroxylation sites is 1. The van der Waals surface area contributed by atoms with Crippen LogP contribution in [0.15, 0.2) is 60.8 Å². The first-order valence-corrected chi connectivity index (χ1v) is 8.96. The van der Waals surface area contributed by atoms with Crippen LogP contribution < -0.4 is 10.2 Å². The number of aryl methyl sites for hydroxylation is 1. The van der Waals surface area contributed by atoms with Gasteiger partial charge in [0.05, 0.1) is 0 Å². The van der Waals surface area contributed by atoms with Crippen molar-refractivity contribution in [2.45, 2.75) is 19.3 Å². The molecule has 0 saturated heterocycles. The molecule has 0 spiro atoms. The van der Waals surface area contributed by atoms with E-state index in [9.17, 15) is 4.39 Å². The number of anilines is 3. The summed E-state index contributed by atoms with van der Waals surface area (Å²) in [6.45, 7) is 1.66. The van der Waals surface area contributed by atoms with Crippen molar-refractivity contribution in [3.63, 3.8) is 0 Å². The molecular weight excluding hydrogens is 327 g/mol. The molecular formula is C21H21FN4. The Morgan fingerprint density at radius 3 is 2.77 bits per heavy atom. The van der Waals surface area contributed by atoms with E-state index >= 15 is 0 Å². The molecule has 3 aromatic rings. The van der Waals surface area contributed by atoms with Gasteiger partial charge in [-0.15, -0.1) is 0 Å². The van der Waals surface area contributed by atoms with Crippen molar-refractivity contribution in [1.29, 1.82) is 0 Å². The molecule has 4 nitrogen and oxygen atoms in total. The van der Waals surface area contributed by atoms with Gasteiger partial charge in [0, 0.05) is 25.0 Å². The van der Waals surface area contributed by atoms with Crippen molar-refractivity contribution in [1.82, 2.24) is 9.97 Å². The number of benzene rings is 2. The second kappa shape index (κ2) is 7.52. The van der Waals surface area contributed by atoms with Gasteiger partial charge in [-0.25, -0.2) is 9.37 Å². The van der Waals surface area contributed by atoms with E-state index in [0.29, 0.717) is 0 Å². The highest BCUT2D eigenvalue weighted by Gasteiger charge is 2.19. The molecule has 4 rings (SSSR count). The lowest BCUT2D eigenvalue weighted by Crippen LogP contribution is -2.26. The normalized spacial score (nSPS) is 13.3. The molecule has 0 fully saturated rings. The SMILES string of the molecule is Fc1ccc(CCNc2ccnc(N3CCCc4ccccc43)n2)cc1. The number of rotatable bonds is 5. The number of hydrogen-bond donors (Lipinski definition) is 1. The Hall–Kier alpha value is -2.95. The minimum Gasteiger partial charge on any atom is -0.370 e. The number of aromatic nitrogens is 2. The standard InChI is InChI=1S/C21H21FN4/c22-18-9-7-16(8-10-18)11-13-23-20-12-14-24-21(25-20)26-15-3-5-17-4-1-2-6-19(17)26/h1-2,4,6-10,12,14H,3,5,11,13,15H2,(H,23,24,25). The average Bonchev–Trinajstić information content (AvgIpc) is 2.69. The summed E-state index contributed by atoms with van der Waals surface area (Å²) in [5.41, 5.74) is 3.64. The van der Waals surface area contributed by atoms with Gasteiger partial charge in [0.1, 0.15) is 11.6 Å². The molecule has 1 aliphatic rings. The summed E-state index contributed by atoms with van der Waals surface area (Å²) in [7, 11) is 0. The Balaban J connectivity index is 1.45. The van der Waals surface area contributed by atoms with Crippen LogP contribution in [0.2, 0.25) is 0 Å². The monoisotopic (exact) mass is 348 g/mol. The maximum absolute atomic E-state index is 13.0. The van der Waals surface area contributed by atoms with E-state index in [4.69, 9.17) is 0 Å². The fourth-order valence-corrected chi connectivity index (χ4v) is 3.30. The summed E-state index contributed by atoms with van der Waals surface area (Å²) in [4.78, 5) is 11.3. The van der Waals surface area contributed by atoms with Gasteiger partial charge in [0.25, 0.3) is 0 Å². The largest absolute Gasteiger partial charge is 0.370 e. The summed E-state index contributed by atoms with van der Waals surface area (Å²) >= 11 is 0. The minimum absolute atomic E-state index is 0.205. The Labute approximate surface area is 152 Å². The van der Waals surface area contributed by atoms with Crippen molar-refractivity contribution >= 4 is 17.5 Å². The second-order valence-electron chi connectivity index (χ2n) is 6.43. The first-order valence-electron chi connectivity index (χ1n) is 8.96. The third-order valence-corrected chi connectivity index (χ3v) is 4.63. The van der Waals surface area contributed by atoms with Crippen LogP contribution in [-0.2, 0) is 12.8 Å². The minimum atomic E-state index is -0.205. The first-order chi connectivity index (χ1) is 12.8. The highest BCUT2D eigenvalue weighted by Crippen LogP contribution is 2.31. The molecule has 132 valence electrons. The van der Waals surface area contributed by atoms with Gasteiger partial charge < -0.3 is 10.2 Å². The predicted octanol–water partition coefficient (Wildman–Crippen LogP) is 4.35. The van der Waals surface area contributed by atoms with E-state index in [0.717, 1.165) is 49.7 Å². The summed E-state index contributed by atoms with van der Waals surface area (Å²) in [5, 5.41) is 3.34. The highest BCUT2D eigenvalue weighted by atomic mass is 19.1. The van der Waals surface area contributed by atoms with E-state index in [-0.39, 0.29) is 5.82 Å². The van der Waals surface area contributed by atoms with Crippen LogP contribution in [0.4, 0.5) is 21.8 Å². The van der Waals surface area contributed by atoms with Gasteiger partial charge in [-0.3, -0.25) is 0 Å². The van der Waals surface area contributed by atoms with E-state index in [2.05, 4.69) is 44.5 Å². The van der Waals surface area contributed by atoms with E-state index in [1.54, 1.807) is 6.20 Å². The zero-order valence-corrected chi connectivity index (χ0v) is 14.5. The fraction of sp³-hybridized carbons (Fsp3) is 0.238. The molecule has 0 radical (unpaired) electrons. The summed E-state index contributed by atoms with van der Waals surface area (Å²) in [6, 6.07) is 16.9. The van der Waals surface area contributed by atoms with Crippen LogP contribution in [0.1, 0.15) is 17.5 Å². The zero-order chi connectivity index (χ0) is 17.8. The third kappa shape index (κ3) is 3.67. The highest BCUT2D eigenvalue weighted by molar-refractivity contribution is 5.64. The van der Waals surface area contributed by atoms with Gasteiger partial charge in [0.15, 0.2) is 0 Å². The lowest BCUT2D eigenvalue weighted by molar-refractivity contribution is 0.627. The van der Waals surface area contributed by atoms with Crippen molar-refractivity contribution in [3.8, 4) is 0 Å². The quantitative estimate of drug-likeness (QED) is 0.744. The van der Waals surface area contributed by atoms with Gasteiger partial charge in [-0.1, -0.05) is 30.3 Å². The molecule has 0 bridgehead atoms. The van der Waals surface area contributed by atoms with Gasteiger partial charge in [-0.2, -0.15) is 4.98 Å². The van der Waals surface area contributed by atoms with Gasteiger partial charge in [0.2, 0.25) is 5.95 Å². The van der Waals surface area contributed by atoms with E-state index in [1.165, 1.54) is 23.4 Å². The second-order valence-corrected chi connectivity index (χ2v) is 6.43. The Morgan fingerprint density at radius 1 is 1.04 bits per heavy atom. The molecule has 5 heteroatoms. The Morgan fingerprint density at radius 2 is 1.88 bits per heavy atom. The molecule has 0 aliphatic carbocycles. The smallest absolute Gasteiger partial charge is 0.231 e. The van der Waals surface area contributed by atoms with Crippen LogP contribution in [0, 0.1) is 5.82 Å². The van der Waals surface area contributed by atoms with Crippen molar-refractivity contribution in [3.05, 3.63) is 77.7 Å². The zero-order valence-electron chi connectivity index (χ0n) is 14.5. The molecule has 1 N–H and O–H groups in total. The fourth-order valence-electron chi connectivity index (χ4n) is 3.30. The van der Waals surface area contributed by atoms with Crippen molar-refractivity contribution in [2.24, 2.45) is 0 Å².